The molecule has 1 aromatic carbocycles. The lowest BCUT2D eigenvalue weighted by Gasteiger charge is -2.40. The molecule has 0 bridgehead atoms. The molecule has 0 aliphatic carbocycles. The summed E-state index contributed by atoms with van der Waals surface area (Å²) in [5.41, 5.74) is 0.394. The summed E-state index contributed by atoms with van der Waals surface area (Å²) < 4.78 is 19.2. The Morgan fingerprint density at radius 3 is 2.97 bits per heavy atom. The van der Waals surface area contributed by atoms with Crippen molar-refractivity contribution in [1.29, 1.82) is 0 Å². The first kappa shape index (κ1) is 21.9. The third kappa shape index (κ3) is 5.15. The molecule has 9 nitrogen and oxygen atoms in total. The van der Waals surface area contributed by atoms with Crippen LogP contribution in [0.3, 0.4) is 0 Å². The van der Waals surface area contributed by atoms with E-state index < -0.39 is 18.3 Å². The number of aliphatic hydroxyl groups excluding tert-OH is 1. The molecular formula is C20H24ClN5O4S. The topological polar surface area (TPSA) is 103 Å². The average molecular weight is 466 g/mol. The molecule has 0 amide bonds. The zero-order valence-electron chi connectivity index (χ0n) is 16.9. The van der Waals surface area contributed by atoms with E-state index >= 15 is 0 Å². The Morgan fingerprint density at radius 2 is 2.23 bits per heavy atom. The summed E-state index contributed by atoms with van der Waals surface area (Å²) in [6.45, 7) is 6.86. The molecule has 0 saturated carbocycles. The summed E-state index contributed by atoms with van der Waals surface area (Å²) in [6.07, 6.45) is 1.25. The Balaban J connectivity index is 1.40. The van der Waals surface area contributed by atoms with E-state index in [1.165, 1.54) is 18.0 Å². The smallest absolute Gasteiger partial charge is 0.159 e. The molecule has 0 unspecified atom stereocenters. The first-order chi connectivity index (χ1) is 15.1. The number of rotatable bonds is 8. The van der Waals surface area contributed by atoms with Crippen molar-refractivity contribution in [3.05, 3.63) is 54.0 Å². The zero-order chi connectivity index (χ0) is 21.8. The summed E-state index contributed by atoms with van der Waals surface area (Å²) in [7, 11) is 0. The summed E-state index contributed by atoms with van der Waals surface area (Å²) in [5.74, 6) is 0.693. The number of nitrogens with one attached hydrogen (secondary N) is 1. The SMILES string of the molecule is C=CO[C@H]1[C@H](O)[C@H]2NC(=NCC)S[C@H]2O[C@@H]1Cn1cc(COc2ccc(Cl)cc2)nn1. The number of amidine groups is 1. The van der Waals surface area contributed by atoms with Gasteiger partial charge in [0.2, 0.25) is 0 Å². The normalized spacial score (nSPS) is 28.7. The van der Waals surface area contributed by atoms with Gasteiger partial charge in [-0.2, -0.15) is 0 Å². The molecule has 3 heterocycles. The van der Waals surface area contributed by atoms with Crippen molar-refractivity contribution in [3.63, 3.8) is 0 Å². The zero-order valence-corrected chi connectivity index (χ0v) is 18.5. The molecule has 2 aliphatic heterocycles. The lowest BCUT2D eigenvalue weighted by atomic mass is 9.97. The van der Waals surface area contributed by atoms with E-state index in [1.54, 1.807) is 35.1 Å². The van der Waals surface area contributed by atoms with Crippen molar-refractivity contribution < 1.29 is 19.3 Å². The van der Waals surface area contributed by atoms with Gasteiger partial charge in [-0.05, 0) is 31.2 Å². The van der Waals surface area contributed by atoms with Crippen LogP contribution in [0.4, 0.5) is 0 Å². The van der Waals surface area contributed by atoms with Gasteiger partial charge in [0.1, 0.15) is 35.7 Å². The molecule has 2 aliphatic rings. The number of benzene rings is 1. The largest absolute Gasteiger partial charge is 0.493 e. The number of thioether (sulfide) groups is 1. The minimum absolute atomic E-state index is 0.268. The van der Waals surface area contributed by atoms with E-state index in [4.69, 9.17) is 25.8 Å². The number of hydrogen-bond acceptors (Lipinski definition) is 8. The number of ether oxygens (including phenoxy) is 3. The Bertz CT molecular complexity index is 925. The average Bonchev–Trinajstić information content (AvgIpc) is 3.37. The third-order valence-corrected chi connectivity index (χ3v) is 6.26. The van der Waals surface area contributed by atoms with Crippen molar-refractivity contribution in [2.24, 2.45) is 4.99 Å². The number of aromatic nitrogens is 3. The van der Waals surface area contributed by atoms with E-state index in [9.17, 15) is 5.11 Å². The molecule has 4 rings (SSSR count). The molecule has 11 heteroatoms. The van der Waals surface area contributed by atoms with Gasteiger partial charge in [0.15, 0.2) is 11.3 Å². The second kappa shape index (κ2) is 9.90. The predicted octanol–water partition coefficient (Wildman–Crippen LogP) is 2.21. The lowest BCUT2D eigenvalue weighted by Crippen LogP contribution is -2.60. The maximum absolute atomic E-state index is 10.9. The number of nitrogens with zero attached hydrogens (tertiary/aromatic N) is 4. The molecule has 1 aromatic heterocycles. The number of halogens is 1. The van der Waals surface area contributed by atoms with Crippen LogP contribution in [0.15, 0.2) is 48.3 Å². The minimum atomic E-state index is -0.796. The maximum Gasteiger partial charge on any atom is 0.159 e. The Morgan fingerprint density at radius 1 is 1.42 bits per heavy atom. The summed E-state index contributed by atoms with van der Waals surface area (Å²) in [6, 6.07) is 6.80. The van der Waals surface area contributed by atoms with Crippen molar-refractivity contribution >= 4 is 28.5 Å². The van der Waals surface area contributed by atoms with Gasteiger partial charge in [-0.1, -0.05) is 35.2 Å². The molecule has 2 N–H and O–H groups in total. The molecule has 0 radical (unpaired) electrons. The Labute approximate surface area is 189 Å². The van der Waals surface area contributed by atoms with Crippen LogP contribution in [0.5, 0.6) is 5.75 Å². The van der Waals surface area contributed by atoms with Gasteiger partial charge in [0, 0.05) is 11.6 Å². The van der Waals surface area contributed by atoms with Crippen LogP contribution in [0.2, 0.25) is 5.02 Å². The second-order valence-corrected chi connectivity index (χ2v) is 8.57. The van der Waals surface area contributed by atoms with Crippen LogP contribution in [0.1, 0.15) is 12.6 Å². The fourth-order valence-corrected chi connectivity index (χ4v) is 4.81. The fourth-order valence-electron chi connectivity index (χ4n) is 3.48. The number of aliphatic hydroxyl groups is 1. The second-order valence-electron chi connectivity index (χ2n) is 7.04. The van der Waals surface area contributed by atoms with Gasteiger partial charge < -0.3 is 24.6 Å². The quantitative estimate of drug-likeness (QED) is 0.572. The van der Waals surface area contributed by atoms with Crippen LogP contribution in [-0.4, -0.2) is 61.6 Å². The highest BCUT2D eigenvalue weighted by molar-refractivity contribution is 8.14. The highest BCUT2D eigenvalue weighted by Gasteiger charge is 2.50. The van der Waals surface area contributed by atoms with Crippen LogP contribution in [-0.2, 0) is 22.6 Å². The molecule has 0 spiro atoms. The van der Waals surface area contributed by atoms with Crippen LogP contribution in [0, 0.1) is 0 Å². The van der Waals surface area contributed by atoms with Crippen molar-refractivity contribution in [2.45, 2.75) is 49.9 Å². The van der Waals surface area contributed by atoms with Gasteiger partial charge in [-0.15, -0.1) is 5.10 Å². The van der Waals surface area contributed by atoms with Crippen LogP contribution in [0.25, 0.3) is 0 Å². The van der Waals surface area contributed by atoms with E-state index in [0.717, 1.165) is 5.17 Å². The van der Waals surface area contributed by atoms with Gasteiger partial charge in [0.25, 0.3) is 0 Å². The van der Waals surface area contributed by atoms with Gasteiger partial charge in [-0.25, -0.2) is 4.68 Å². The van der Waals surface area contributed by atoms with E-state index in [1.807, 2.05) is 6.92 Å². The number of fused-ring (bicyclic) bond motifs is 1. The maximum atomic E-state index is 10.9. The summed E-state index contributed by atoms with van der Waals surface area (Å²) >= 11 is 7.36. The van der Waals surface area contributed by atoms with Gasteiger partial charge >= 0.3 is 0 Å². The molecule has 166 valence electrons. The van der Waals surface area contributed by atoms with Crippen molar-refractivity contribution in [1.82, 2.24) is 20.3 Å². The first-order valence-electron chi connectivity index (χ1n) is 9.92. The highest BCUT2D eigenvalue weighted by atomic mass is 35.5. The lowest BCUT2D eigenvalue weighted by molar-refractivity contribution is -0.163. The molecule has 31 heavy (non-hydrogen) atoms. The molecule has 2 saturated heterocycles. The molecule has 2 aromatic rings. The summed E-state index contributed by atoms with van der Waals surface area (Å²) in [4.78, 5) is 4.38. The van der Waals surface area contributed by atoms with E-state index in [2.05, 4.69) is 27.2 Å². The summed E-state index contributed by atoms with van der Waals surface area (Å²) in [5, 5.41) is 23.8. The van der Waals surface area contributed by atoms with Gasteiger partial charge in [0.05, 0.1) is 25.0 Å². The molecular weight excluding hydrogens is 442 g/mol. The predicted molar refractivity (Wildman–Crippen MR) is 118 cm³/mol. The fraction of sp³-hybridized carbons (Fsp3) is 0.450. The Kier molecular flexibility index (Phi) is 7.01. The Hall–Kier alpha value is -2.27. The number of aliphatic imine (C=N–C) groups is 1. The minimum Gasteiger partial charge on any atom is -0.493 e. The third-order valence-electron chi connectivity index (χ3n) is 4.90. The standard InChI is InChI=1S/C20H24ClN5O4S/c1-3-22-20-23-16-17(27)18(28-4-2)15(30-19(16)31-20)10-26-9-13(24-25-26)11-29-14-7-5-12(21)6-8-14/h4-9,15-19,27H,2-3,10-11H2,1H3,(H,22,23)/t15-,16-,17-,18-,19-/m1/s1. The van der Waals surface area contributed by atoms with Crippen molar-refractivity contribution in [2.75, 3.05) is 6.54 Å². The monoisotopic (exact) mass is 465 g/mol. The van der Waals surface area contributed by atoms with Crippen LogP contribution < -0.4 is 10.1 Å². The van der Waals surface area contributed by atoms with Crippen LogP contribution >= 0.6 is 23.4 Å². The highest BCUT2D eigenvalue weighted by Crippen LogP contribution is 2.35. The van der Waals surface area contributed by atoms with E-state index in [0.29, 0.717) is 29.6 Å². The molecule has 5 atom stereocenters. The van der Waals surface area contributed by atoms with Crippen molar-refractivity contribution in [3.8, 4) is 5.75 Å². The first-order valence-corrected chi connectivity index (χ1v) is 11.2. The van der Waals surface area contributed by atoms with Gasteiger partial charge in [-0.3, -0.25) is 4.99 Å². The number of hydrogen-bond donors (Lipinski definition) is 2. The van der Waals surface area contributed by atoms with E-state index in [-0.39, 0.29) is 18.1 Å². The molecule has 2 fully saturated rings.